The Morgan fingerprint density at radius 3 is 2.58 bits per heavy atom. The molecule has 2 heterocycles. The zero-order valence-electron chi connectivity index (χ0n) is 12.4. The molecule has 0 aliphatic rings. The van der Waals surface area contributed by atoms with E-state index in [1.165, 1.54) is 5.56 Å². The molecular weight excluding hydrogens is 238 g/mol. The molecule has 0 amide bonds. The Hall–Kier alpha value is -1.55. The molecule has 0 atom stereocenters. The van der Waals surface area contributed by atoms with Crippen LogP contribution < -0.4 is 5.32 Å². The van der Waals surface area contributed by atoms with Crippen LogP contribution in [0.3, 0.4) is 0 Å². The number of furan rings is 1. The first kappa shape index (κ1) is 13.9. The van der Waals surface area contributed by atoms with E-state index in [9.17, 15) is 0 Å². The van der Waals surface area contributed by atoms with Crippen molar-refractivity contribution in [2.75, 3.05) is 0 Å². The standard InChI is InChI=1S/C15H23N3O/c1-10(2)16-8-15-11(3)6-14(19-15)9-18-13(5)7-12(4)17-18/h6-7,10,16H,8-9H2,1-5H3. The third-order valence-electron chi connectivity index (χ3n) is 3.15. The van der Waals surface area contributed by atoms with Gasteiger partial charge in [-0.2, -0.15) is 5.10 Å². The molecule has 0 bridgehead atoms. The highest BCUT2D eigenvalue weighted by Crippen LogP contribution is 2.16. The van der Waals surface area contributed by atoms with Crippen molar-refractivity contribution in [2.24, 2.45) is 0 Å². The summed E-state index contributed by atoms with van der Waals surface area (Å²) in [5.74, 6) is 1.98. The highest BCUT2D eigenvalue weighted by molar-refractivity contribution is 5.20. The Bertz CT molecular complexity index is 552. The fourth-order valence-electron chi connectivity index (χ4n) is 2.12. The van der Waals surface area contributed by atoms with Crippen LogP contribution in [0.25, 0.3) is 0 Å². The summed E-state index contributed by atoms with van der Waals surface area (Å²) < 4.78 is 7.89. The van der Waals surface area contributed by atoms with Crippen molar-refractivity contribution in [3.63, 3.8) is 0 Å². The topological polar surface area (TPSA) is 43.0 Å². The third-order valence-corrected chi connectivity index (χ3v) is 3.15. The Kier molecular flexibility index (Phi) is 4.10. The van der Waals surface area contributed by atoms with Crippen LogP contribution in [0.2, 0.25) is 0 Å². The average Bonchev–Trinajstić information content (AvgIpc) is 2.80. The van der Waals surface area contributed by atoms with Crippen LogP contribution in [-0.2, 0) is 13.1 Å². The maximum atomic E-state index is 5.91. The van der Waals surface area contributed by atoms with Gasteiger partial charge in [-0.1, -0.05) is 13.8 Å². The molecule has 0 aliphatic carbocycles. The molecule has 4 nitrogen and oxygen atoms in total. The summed E-state index contributed by atoms with van der Waals surface area (Å²) in [4.78, 5) is 0. The van der Waals surface area contributed by atoms with Gasteiger partial charge in [0, 0.05) is 11.7 Å². The normalized spacial score (nSPS) is 11.5. The summed E-state index contributed by atoms with van der Waals surface area (Å²) in [6.07, 6.45) is 0. The van der Waals surface area contributed by atoms with Crippen LogP contribution in [0.15, 0.2) is 16.5 Å². The summed E-state index contributed by atoms with van der Waals surface area (Å²) in [6.45, 7) is 11.9. The SMILES string of the molecule is Cc1cc(C)n(Cc2cc(C)c(CNC(C)C)o2)n1. The Labute approximate surface area is 114 Å². The monoisotopic (exact) mass is 261 g/mol. The summed E-state index contributed by atoms with van der Waals surface area (Å²) in [5.41, 5.74) is 3.40. The number of hydrogen-bond acceptors (Lipinski definition) is 3. The molecular formula is C15H23N3O. The molecule has 2 aromatic rings. The summed E-state index contributed by atoms with van der Waals surface area (Å²) in [5, 5.41) is 7.84. The van der Waals surface area contributed by atoms with Gasteiger partial charge in [0.05, 0.1) is 18.8 Å². The molecule has 1 N–H and O–H groups in total. The van der Waals surface area contributed by atoms with E-state index in [1.807, 2.05) is 11.6 Å². The van der Waals surface area contributed by atoms with Crippen molar-refractivity contribution in [1.29, 1.82) is 0 Å². The molecule has 0 aliphatic heterocycles. The molecule has 0 saturated carbocycles. The maximum absolute atomic E-state index is 5.91. The van der Waals surface area contributed by atoms with E-state index >= 15 is 0 Å². The first-order valence-electron chi connectivity index (χ1n) is 6.78. The first-order chi connectivity index (χ1) is 8.95. The first-order valence-corrected chi connectivity index (χ1v) is 6.78. The molecule has 4 heteroatoms. The van der Waals surface area contributed by atoms with E-state index in [0.717, 1.165) is 29.5 Å². The summed E-state index contributed by atoms with van der Waals surface area (Å²) in [6, 6.07) is 4.65. The Morgan fingerprint density at radius 1 is 1.26 bits per heavy atom. The lowest BCUT2D eigenvalue weighted by molar-refractivity contribution is 0.418. The van der Waals surface area contributed by atoms with Crippen molar-refractivity contribution < 1.29 is 4.42 Å². The van der Waals surface area contributed by atoms with Gasteiger partial charge in [-0.15, -0.1) is 0 Å². The Balaban J connectivity index is 2.09. The van der Waals surface area contributed by atoms with E-state index in [1.54, 1.807) is 0 Å². The maximum Gasteiger partial charge on any atom is 0.126 e. The van der Waals surface area contributed by atoms with E-state index in [-0.39, 0.29) is 0 Å². The summed E-state index contributed by atoms with van der Waals surface area (Å²) in [7, 11) is 0. The smallest absolute Gasteiger partial charge is 0.126 e. The molecule has 2 aromatic heterocycles. The number of aromatic nitrogens is 2. The number of rotatable bonds is 5. The highest BCUT2D eigenvalue weighted by atomic mass is 16.3. The van der Waals surface area contributed by atoms with E-state index in [4.69, 9.17) is 4.42 Å². The molecule has 0 unspecified atom stereocenters. The van der Waals surface area contributed by atoms with Crippen molar-refractivity contribution >= 4 is 0 Å². The van der Waals surface area contributed by atoms with Crippen LogP contribution >= 0.6 is 0 Å². The molecule has 19 heavy (non-hydrogen) atoms. The fraction of sp³-hybridized carbons (Fsp3) is 0.533. The van der Waals surface area contributed by atoms with Crippen molar-refractivity contribution in [3.05, 3.63) is 40.6 Å². The van der Waals surface area contributed by atoms with Gasteiger partial charge in [0.1, 0.15) is 11.5 Å². The van der Waals surface area contributed by atoms with E-state index in [2.05, 4.69) is 50.2 Å². The average molecular weight is 261 g/mol. The van der Waals surface area contributed by atoms with E-state index in [0.29, 0.717) is 12.6 Å². The zero-order chi connectivity index (χ0) is 14.0. The lowest BCUT2D eigenvalue weighted by atomic mass is 10.2. The van der Waals surface area contributed by atoms with Crippen molar-refractivity contribution in [3.8, 4) is 0 Å². The molecule has 104 valence electrons. The van der Waals surface area contributed by atoms with Gasteiger partial charge in [-0.05, 0) is 38.5 Å². The minimum atomic E-state index is 0.462. The molecule has 0 aromatic carbocycles. The van der Waals surface area contributed by atoms with Gasteiger partial charge < -0.3 is 9.73 Å². The van der Waals surface area contributed by atoms with Gasteiger partial charge in [-0.25, -0.2) is 0 Å². The van der Waals surface area contributed by atoms with Crippen LogP contribution in [0, 0.1) is 20.8 Å². The van der Waals surface area contributed by atoms with Gasteiger partial charge >= 0.3 is 0 Å². The summed E-state index contributed by atoms with van der Waals surface area (Å²) >= 11 is 0. The van der Waals surface area contributed by atoms with Gasteiger partial charge in [-0.3, -0.25) is 4.68 Å². The second-order valence-electron chi connectivity index (χ2n) is 5.44. The van der Waals surface area contributed by atoms with Crippen LogP contribution in [0.4, 0.5) is 0 Å². The minimum Gasteiger partial charge on any atom is -0.462 e. The van der Waals surface area contributed by atoms with Gasteiger partial charge in [0.25, 0.3) is 0 Å². The lowest BCUT2D eigenvalue weighted by Crippen LogP contribution is -2.21. The predicted octanol–water partition coefficient (Wildman–Crippen LogP) is 2.95. The number of nitrogens with zero attached hydrogens (tertiary/aromatic N) is 2. The zero-order valence-corrected chi connectivity index (χ0v) is 12.4. The molecule has 0 saturated heterocycles. The van der Waals surface area contributed by atoms with Crippen LogP contribution in [0.1, 0.15) is 42.3 Å². The van der Waals surface area contributed by atoms with Crippen LogP contribution in [-0.4, -0.2) is 15.8 Å². The number of nitrogens with one attached hydrogen (secondary N) is 1. The molecule has 0 spiro atoms. The lowest BCUT2D eigenvalue weighted by Gasteiger charge is -2.06. The second-order valence-corrected chi connectivity index (χ2v) is 5.44. The number of hydrogen-bond donors (Lipinski definition) is 1. The highest BCUT2D eigenvalue weighted by Gasteiger charge is 2.10. The van der Waals surface area contributed by atoms with Crippen molar-refractivity contribution in [2.45, 2.75) is 53.8 Å². The molecule has 0 radical (unpaired) electrons. The minimum absolute atomic E-state index is 0.462. The fourth-order valence-corrected chi connectivity index (χ4v) is 2.12. The largest absolute Gasteiger partial charge is 0.462 e. The van der Waals surface area contributed by atoms with Crippen LogP contribution in [0.5, 0.6) is 0 Å². The number of aryl methyl sites for hydroxylation is 3. The molecule has 2 rings (SSSR count). The van der Waals surface area contributed by atoms with Gasteiger partial charge in [0.2, 0.25) is 0 Å². The van der Waals surface area contributed by atoms with E-state index < -0.39 is 0 Å². The van der Waals surface area contributed by atoms with Crippen molar-refractivity contribution in [1.82, 2.24) is 15.1 Å². The third kappa shape index (κ3) is 3.47. The Morgan fingerprint density at radius 2 is 2.00 bits per heavy atom. The quantitative estimate of drug-likeness (QED) is 0.900. The predicted molar refractivity (Wildman–Crippen MR) is 76.2 cm³/mol. The molecule has 0 fully saturated rings. The van der Waals surface area contributed by atoms with Gasteiger partial charge in [0.15, 0.2) is 0 Å². The second kappa shape index (κ2) is 5.61.